The van der Waals surface area contributed by atoms with Crippen molar-refractivity contribution in [3.8, 4) is 5.75 Å². The van der Waals surface area contributed by atoms with E-state index in [1.54, 1.807) is 36.4 Å². The fraction of sp³-hybridized carbons (Fsp3) is 0.238. The van der Waals surface area contributed by atoms with Crippen LogP contribution < -0.4 is 10.9 Å². The number of nitrogens with one attached hydrogen (secondary N) is 2. The Morgan fingerprint density at radius 1 is 1.17 bits per heavy atom. The molecule has 0 aliphatic carbocycles. The van der Waals surface area contributed by atoms with E-state index in [0.29, 0.717) is 16.7 Å². The fourth-order valence-electron chi connectivity index (χ4n) is 2.95. The third-order valence-corrected chi connectivity index (χ3v) is 4.45. The number of methoxy groups -OCH3 is 1. The third-order valence-electron chi connectivity index (χ3n) is 4.45. The van der Waals surface area contributed by atoms with Gasteiger partial charge in [-0.25, -0.2) is 9.78 Å². The van der Waals surface area contributed by atoms with Crippen molar-refractivity contribution >= 4 is 22.8 Å². The summed E-state index contributed by atoms with van der Waals surface area (Å²) in [7, 11) is 1.25. The van der Waals surface area contributed by atoms with E-state index in [-0.39, 0.29) is 36.5 Å². The van der Waals surface area contributed by atoms with Crippen molar-refractivity contribution in [2.45, 2.75) is 25.3 Å². The van der Waals surface area contributed by atoms with Crippen LogP contribution in [-0.4, -0.2) is 40.1 Å². The van der Waals surface area contributed by atoms with Gasteiger partial charge < -0.3 is 20.1 Å². The number of rotatable bonds is 7. The first-order valence-corrected chi connectivity index (χ1v) is 9.09. The summed E-state index contributed by atoms with van der Waals surface area (Å²) >= 11 is 0. The van der Waals surface area contributed by atoms with Gasteiger partial charge in [-0.15, -0.1) is 0 Å². The van der Waals surface area contributed by atoms with Gasteiger partial charge in [-0.3, -0.25) is 9.59 Å². The minimum atomic E-state index is -0.861. The molecule has 3 N–H and O–H groups in total. The largest absolute Gasteiger partial charge is 0.508 e. The number of aromatic nitrogens is 2. The Morgan fingerprint density at radius 2 is 1.90 bits per heavy atom. The predicted molar refractivity (Wildman–Crippen MR) is 106 cm³/mol. The Bertz CT molecular complexity index is 1080. The Balaban J connectivity index is 1.64. The van der Waals surface area contributed by atoms with Crippen molar-refractivity contribution < 1.29 is 19.4 Å². The Kier molecular flexibility index (Phi) is 6.23. The lowest BCUT2D eigenvalue weighted by Gasteiger charge is -2.16. The maximum atomic E-state index is 12.4. The SMILES string of the molecule is COC(=O)C(Cc1ccc(O)cc1)NC(=O)CCc1nc2ccccc2c(=O)[nH]1. The van der Waals surface area contributed by atoms with Crippen LogP contribution in [0, 0.1) is 0 Å². The summed E-state index contributed by atoms with van der Waals surface area (Å²) in [5.74, 6) is -0.417. The molecule has 0 bridgehead atoms. The van der Waals surface area contributed by atoms with Gasteiger partial charge in [0.05, 0.1) is 18.0 Å². The number of ether oxygens (including phenoxy) is 1. The van der Waals surface area contributed by atoms with E-state index in [1.807, 2.05) is 0 Å². The summed E-state index contributed by atoms with van der Waals surface area (Å²) in [4.78, 5) is 43.5. The summed E-state index contributed by atoms with van der Waals surface area (Å²) in [6, 6.07) is 12.5. The molecule has 0 fully saturated rings. The number of aryl methyl sites for hydroxylation is 1. The zero-order valence-electron chi connectivity index (χ0n) is 15.8. The van der Waals surface area contributed by atoms with Gasteiger partial charge in [0.15, 0.2) is 0 Å². The number of amides is 1. The van der Waals surface area contributed by atoms with Crippen molar-refractivity contribution in [2.24, 2.45) is 0 Å². The van der Waals surface area contributed by atoms with E-state index in [9.17, 15) is 19.5 Å². The second kappa shape index (κ2) is 9.01. The van der Waals surface area contributed by atoms with Crippen LogP contribution in [0.1, 0.15) is 17.8 Å². The number of hydrogen-bond donors (Lipinski definition) is 3. The molecule has 1 unspecified atom stereocenters. The van der Waals surface area contributed by atoms with Gasteiger partial charge in [-0.05, 0) is 29.8 Å². The number of para-hydroxylation sites is 1. The summed E-state index contributed by atoms with van der Waals surface area (Å²) in [5.41, 5.74) is 1.07. The highest BCUT2D eigenvalue weighted by Gasteiger charge is 2.22. The summed E-state index contributed by atoms with van der Waals surface area (Å²) in [6.07, 6.45) is 0.493. The molecule has 1 amide bonds. The standard InChI is InChI=1S/C21H21N3O5/c1-29-21(28)17(12-13-6-8-14(25)9-7-13)23-19(26)11-10-18-22-16-5-3-2-4-15(16)20(27)24-18/h2-9,17,25H,10-12H2,1H3,(H,23,26)(H,22,24,27). The lowest BCUT2D eigenvalue weighted by Crippen LogP contribution is -2.43. The molecule has 2 aromatic carbocycles. The van der Waals surface area contributed by atoms with Crippen LogP contribution in [-0.2, 0) is 27.2 Å². The zero-order valence-corrected chi connectivity index (χ0v) is 15.8. The average Bonchev–Trinajstić information content (AvgIpc) is 2.73. The topological polar surface area (TPSA) is 121 Å². The molecule has 150 valence electrons. The second-order valence-corrected chi connectivity index (χ2v) is 6.54. The Morgan fingerprint density at radius 3 is 2.62 bits per heavy atom. The highest BCUT2D eigenvalue weighted by atomic mass is 16.5. The van der Waals surface area contributed by atoms with Gasteiger partial charge in [-0.2, -0.15) is 0 Å². The van der Waals surface area contributed by atoms with Gasteiger partial charge in [0.1, 0.15) is 17.6 Å². The zero-order chi connectivity index (χ0) is 20.8. The van der Waals surface area contributed by atoms with Crippen LogP contribution in [0.4, 0.5) is 0 Å². The molecule has 0 radical (unpaired) electrons. The molecule has 0 aliphatic heterocycles. The number of aromatic hydroxyl groups is 1. The molecular formula is C21H21N3O5. The Labute approximate surface area is 166 Å². The van der Waals surface area contributed by atoms with E-state index >= 15 is 0 Å². The van der Waals surface area contributed by atoms with E-state index in [4.69, 9.17) is 4.74 Å². The van der Waals surface area contributed by atoms with Crippen molar-refractivity contribution in [2.75, 3.05) is 7.11 Å². The Hall–Kier alpha value is -3.68. The van der Waals surface area contributed by atoms with Gasteiger partial charge in [0, 0.05) is 19.3 Å². The smallest absolute Gasteiger partial charge is 0.328 e. The van der Waals surface area contributed by atoms with E-state index in [2.05, 4.69) is 15.3 Å². The van der Waals surface area contributed by atoms with Crippen LogP contribution in [0.3, 0.4) is 0 Å². The van der Waals surface area contributed by atoms with E-state index in [0.717, 1.165) is 5.56 Å². The number of fused-ring (bicyclic) bond motifs is 1. The number of hydrogen-bond acceptors (Lipinski definition) is 6. The number of benzene rings is 2. The van der Waals surface area contributed by atoms with Crippen LogP contribution >= 0.6 is 0 Å². The maximum Gasteiger partial charge on any atom is 0.328 e. The van der Waals surface area contributed by atoms with Crippen LogP contribution in [0.2, 0.25) is 0 Å². The van der Waals surface area contributed by atoms with Crippen molar-refractivity contribution in [1.29, 1.82) is 0 Å². The lowest BCUT2D eigenvalue weighted by molar-refractivity contribution is -0.145. The summed E-state index contributed by atoms with van der Waals surface area (Å²) < 4.78 is 4.77. The molecule has 1 atom stereocenters. The van der Waals surface area contributed by atoms with Crippen molar-refractivity contribution in [1.82, 2.24) is 15.3 Å². The highest BCUT2D eigenvalue weighted by molar-refractivity contribution is 5.84. The van der Waals surface area contributed by atoms with E-state index in [1.165, 1.54) is 19.2 Å². The lowest BCUT2D eigenvalue weighted by atomic mass is 10.1. The molecular weight excluding hydrogens is 374 g/mol. The first kappa shape index (κ1) is 20.1. The highest BCUT2D eigenvalue weighted by Crippen LogP contribution is 2.12. The number of phenols is 1. The maximum absolute atomic E-state index is 12.4. The first-order valence-electron chi connectivity index (χ1n) is 9.09. The van der Waals surface area contributed by atoms with Crippen LogP contribution in [0.15, 0.2) is 53.3 Å². The van der Waals surface area contributed by atoms with Gasteiger partial charge >= 0.3 is 5.97 Å². The summed E-state index contributed by atoms with van der Waals surface area (Å²) in [6.45, 7) is 0. The first-order chi connectivity index (χ1) is 14.0. The second-order valence-electron chi connectivity index (χ2n) is 6.54. The molecule has 8 nitrogen and oxygen atoms in total. The number of nitrogens with zero attached hydrogens (tertiary/aromatic N) is 1. The molecule has 3 aromatic rings. The van der Waals surface area contributed by atoms with Gasteiger partial charge in [0.2, 0.25) is 5.91 Å². The molecule has 29 heavy (non-hydrogen) atoms. The molecule has 0 saturated heterocycles. The molecule has 0 saturated carbocycles. The monoisotopic (exact) mass is 395 g/mol. The number of carbonyl (C=O) groups excluding carboxylic acids is 2. The predicted octanol–water partition coefficient (Wildman–Crippen LogP) is 1.46. The molecule has 1 heterocycles. The minimum absolute atomic E-state index is 0.0460. The number of H-pyrrole nitrogens is 1. The normalized spacial score (nSPS) is 11.8. The number of carbonyl (C=O) groups is 2. The third kappa shape index (κ3) is 5.19. The van der Waals surface area contributed by atoms with E-state index < -0.39 is 12.0 Å². The molecule has 3 rings (SSSR count). The number of aromatic amines is 1. The molecule has 8 heteroatoms. The van der Waals surface area contributed by atoms with Crippen molar-refractivity contribution in [3.05, 3.63) is 70.3 Å². The quantitative estimate of drug-likeness (QED) is 0.521. The molecule has 0 spiro atoms. The van der Waals surface area contributed by atoms with Crippen LogP contribution in [0.5, 0.6) is 5.75 Å². The van der Waals surface area contributed by atoms with Gasteiger partial charge in [-0.1, -0.05) is 24.3 Å². The van der Waals surface area contributed by atoms with Crippen LogP contribution in [0.25, 0.3) is 10.9 Å². The van der Waals surface area contributed by atoms with Crippen molar-refractivity contribution in [3.63, 3.8) is 0 Å². The molecule has 0 aliphatic rings. The van der Waals surface area contributed by atoms with Gasteiger partial charge in [0.25, 0.3) is 5.56 Å². The fourth-order valence-corrected chi connectivity index (χ4v) is 2.95. The minimum Gasteiger partial charge on any atom is -0.508 e. The average molecular weight is 395 g/mol. The summed E-state index contributed by atoms with van der Waals surface area (Å²) in [5, 5.41) is 12.5. The number of esters is 1. The molecule has 1 aromatic heterocycles. The number of phenolic OH excluding ortho intramolecular Hbond substituents is 1.